The van der Waals surface area contributed by atoms with Gasteiger partial charge >= 0.3 is 0 Å². The van der Waals surface area contributed by atoms with Crippen LogP contribution in [-0.2, 0) is 16.6 Å². The molecule has 0 atom stereocenters. The molecule has 0 aliphatic carbocycles. The lowest BCUT2D eigenvalue weighted by Gasteiger charge is -2.11. The van der Waals surface area contributed by atoms with Gasteiger partial charge in [0.2, 0.25) is 0 Å². The van der Waals surface area contributed by atoms with E-state index in [9.17, 15) is 8.42 Å². The number of nitrogens with two attached hydrogens (primary N) is 1. The predicted molar refractivity (Wildman–Crippen MR) is 133 cm³/mol. The zero-order valence-electron chi connectivity index (χ0n) is 18.6. The van der Waals surface area contributed by atoms with Crippen molar-refractivity contribution in [2.45, 2.75) is 18.4 Å². The summed E-state index contributed by atoms with van der Waals surface area (Å²) in [5.74, 6) is 0.408. The number of nitrogens with zero attached hydrogens (tertiary/aromatic N) is 4. The normalized spacial score (nSPS) is 11.9. The molecule has 0 unspecified atom stereocenters. The number of benzene rings is 2. The van der Waals surface area contributed by atoms with Crippen LogP contribution in [0, 0.1) is 6.92 Å². The van der Waals surface area contributed by atoms with Gasteiger partial charge in [0.15, 0.2) is 11.5 Å². The van der Waals surface area contributed by atoms with Crippen molar-refractivity contribution in [3.05, 3.63) is 65.3 Å². The second-order valence-electron chi connectivity index (χ2n) is 8.09. The maximum atomic E-state index is 12.8. The first-order chi connectivity index (χ1) is 15.7. The molecule has 0 radical (unpaired) electrons. The monoisotopic (exact) mass is 484 g/mol. The predicted octanol–water partition coefficient (Wildman–Crippen LogP) is 4.00. The zero-order valence-corrected chi connectivity index (χ0v) is 20.2. The molecule has 0 bridgehead atoms. The van der Waals surface area contributed by atoms with Crippen molar-refractivity contribution >= 4 is 44.2 Å². The minimum atomic E-state index is -3.82. The number of hydrogen-bond acceptors (Lipinski definition) is 6. The lowest BCUT2D eigenvalue weighted by molar-refractivity contribution is 0.376. The van der Waals surface area contributed by atoms with E-state index in [1.807, 2.05) is 43.9 Å². The highest BCUT2D eigenvalue weighted by molar-refractivity contribution is 7.92. The molecule has 2 aromatic carbocycles. The van der Waals surface area contributed by atoms with Crippen LogP contribution in [0.5, 0.6) is 0 Å². The third kappa shape index (κ3) is 4.80. The van der Waals surface area contributed by atoms with Gasteiger partial charge in [-0.1, -0.05) is 29.8 Å². The fourth-order valence-corrected chi connectivity index (χ4v) is 5.21. The summed E-state index contributed by atoms with van der Waals surface area (Å²) >= 11 is 6.12. The first-order valence-electron chi connectivity index (χ1n) is 10.3. The van der Waals surface area contributed by atoms with E-state index in [1.165, 1.54) is 0 Å². The summed E-state index contributed by atoms with van der Waals surface area (Å²) in [6, 6.07) is 13.8. The zero-order chi connectivity index (χ0) is 23.8. The summed E-state index contributed by atoms with van der Waals surface area (Å²) in [6.45, 7) is 3.29. The number of sulfonamides is 1. The number of likely N-dealkylation sites (N-methyl/N-ethyl adjacent to an activating group) is 1. The smallest absolute Gasteiger partial charge is 0.263 e. The van der Waals surface area contributed by atoms with Gasteiger partial charge in [-0.25, -0.2) is 18.1 Å². The number of anilines is 2. The molecule has 0 fully saturated rings. The van der Waals surface area contributed by atoms with Crippen LogP contribution in [-0.4, -0.2) is 48.7 Å². The van der Waals surface area contributed by atoms with Gasteiger partial charge in [0, 0.05) is 18.4 Å². The Labute approximate surface area is 198 Å². The van der Waals surface area contributed by atoms with Crippen molar-refractivity contribution in [3.63, 3.8) is 0 Å². The lowest BCUT2D eigenvalue weighted by Crippen LogP contribution is -2.19. The third-order valence-corrected chi connectivity index (χ3v) is 7.11. The number of hydrogen-bond donors (Lipinski definition) is 2. The molecule has 33 heavy (non-hydrogen) atoms. The highest BCUT2D eigenvalue weighted by Crippen LogP contribution is 2.32. The molecule has 172 valence electrons. The summed E-state index contributed by atoms with van der Waals surface area (Å²) in [6.07, 6.45) is 1.72. The Morgan fingerprint density at radius 3 is 2.55 bits per heavy atom. The molecular weight excluding hydrogens is 460 g/mol. The topological polar surface area (TPSA) is 106 Å². The van der Waals surface area contributed by atoms with E-state index in [-0.39, 0.29) is 9.92 Å². The molecule has 0 amide bonds. The van der Waals surface area contributed by atoms with Gasteiger partial charge in [-0.15, -0.1) is 0 Å². The number of aryl methyl sites for hydroxylation is 1. The number of nitrogen functional groups attached to an aromatic ring is 1. The Kier molecular flexibility index (Phi) is 6.29. The Morgan fingerprint density at radius 2 is 1.85 bits per heavy atom. The van der Waals surface area contributed by atoms with Crippen LogP contribution in [0.15, 0.2) is 59.6 Å². The van der Waals surface area contributed by atoms with Crippen LogP contribution in [0.1, 0.15) is 5.56 Å². The Bertz CT molecular complexity index is 1420. The second-order valence-corrected chi connectivity index (χ2v) is 10.1. The molecule has 0 aliphatic heterocycles. The number of rotatable bonds is 7. The quantitative estimate of drug-likeness (QED) is 0.410. The molecule has 2 heterocycles. The van der Waals surface area contributed by atoms with Crippen molar-refractivity contribution in [3.8, 4) is 11.1 Å². The second kappa shape index (κ2) is 9.01. The summed E-state index contributed by atoms with van der Waals surface area (Å²) < 4.78 is 30.1. The summed E-state index contributed by atoms with van der Waals surface area (Å²) in [5.41, 5.74) is 9.93. The minimum absolute atomic E-state index is 0.0435. The molecule has 10 heteroatoms. The van der Waals surface area contributed by atoms with Crippen molar-refractivity contribution in [2.75, 3.05) is 31.1 Å². The molecule has 2 aromatic heterocycles. The molecular formula is C23H25ClN6O2S. The molecule has 8 nitrogen and oxygen atoms in total. The molecule has 0 aliphatic rings. The molecule has 4 rings (SSSR count). The van der Waals surface area contributed by atoms with Gasteiger partial charge in [-0.2, -0.15) is 5.10 Å². The highest BCUT2D eigenvalue weighted by Gasteiger charge is 2.19. The number of fused-ring (bicyclic) bond motifs is 1. The van der Waals surface area contributed by atoms with E-state index in [0.29, 0.717) is 23.7 Å². The number of nitrogens with one attached hydrogen (secondary N) is 1. The molecule has 0 spiro atoms. The standard InChI is InChI=1S/C23H25ClN6O2S/c1-15-4-9-19(24)20(14-15)33(31,32)28-17-7-5-16(6-8-17)18-10-11-26-23-21(18)22(25)27-30(23)13-12-29(2)3/h4-11,14,28H,12-13H2,1-3H3,(H2,25,27). The van der Waals surface area contributed by atoms with E-state index in [2.05, 4.69) is 19.7 Å². The van der Waals surface area contributed by atoms with Gasteiger partial charge in [-0.05, 0) is 68.0 Å². The van der Waals surface area contributed by atoms with Crippen molar-refractivity contribution in [1.82, 2.24) is 19.7 Å². The van der Waals surface area contributed by atoms with Gasteiger partial charge in [-0.3, -0.25) is 4.72 Å². The van der Waals surface area contributed by atoms with Crippen LogP contribution in [0.2, 0.25) is 5.02 Å². The summed E-state index contributed by atoms with van der Waals surface area (Å²) in [4.78, 5) is 6.59. The van der Waals surface area contributed by atoms with Crippen LogP contribution in [0.25, 0.3) is 22.2 Å². The minimum Gasteiger partial charge on any atom is -0.382 e. The Balaban J connectivity index is 1.64. The van der Waals surface area contributed by atoms with Gasteiger partial charge in [0.1, 0.15) is 4.90 Å². The summed E-state index contributed by atoms with van der Waals surface area (Å²) in [5, 5.41) is 5.41. The van der Waals surface area contributed by atoms with Crippen molar-refractivity contribution in [1.29, 1.82) is 0 Å². The van der Waals surface area contributed by atoms with E-state index >= 15 is 0 Å². The average molecular weight is 485 g/mol. The van der Waals surface area contributed by atoms with Crippen LogP contribution >= 0.6 is 11.6 Å². The largest absolute Gasteiger partial charge is 0.382 e. The SMILES string of the molecule is Cc1ccc(Cl)c(S(=O)(=O)Nc2ccc(-c3ccnc4c3c(N)nn4CCN(C)C)cc2)c1. The summed E-state index contributed by atoms with van der Waals surface area (Å²) in [7, 11) is 0.169. The van der Waals surface area contributed by atoms with Crippen LogP contribution < -0.4 is 10.5 Å². The fraction of sp³-hybridized carbons (Fsp3) is 0.217. The first-order valence-corrected chi connectivity index (χ1v) is 12.2. The maximum Gasteiger partial charge on any atom is 0.263 e. The molecule has 0 saturated carbocycles. The molecule has 0 saturated heterocycles. The van der Waals surface area contributed by atoms with E-state index in [0.717, 1.165) is 28.6 Å². The number of aromatic nitrogens is 3. The molecule has 4 aromatic rings. The van der Waals surface area contributed by atoms with Gasteiger partial charge in [0.05, 0.1) is 17.0 Å². The van der Waals surface area contributed by atoms with Gasteiger partial charge in [0.25, 0.3) is 10.0 Å². The van der Waals surface area contributed by atoms with E-state index < -0.39 is 10.0 Å². The number of pyridine rings is 1. The Morgan fingerprint density at radius 1 is 1.12 bits per heavy atom. The van der Waals surface area contributed by atoms with E-state index in [4.69, 9.17) is 17.3 Å². The van der Waals surface area contributed by atoms with Crippen LogP contribution in [0.3, 0.4) is 0 Å². The highest BCUT2D eigenvalue weighted by atomic mass is 35.5. The first kappa shape index (κ1) is 23.0. The number of halogens is 1. The fourth-order valence-electron chi connectivity index (χ4n) is 3.56. The van der Waals surface area contributed by atoms with Crippen LogP contribution in [0.4, 0.5) is 11.5 Å². The van der Waals surface area contributed by atoms with Crippen molar-refractivity contribution in [2.24, 2.45) is 0 Å². The van der Waals surface area contributed by atoms with Crippen molar-refractivity contribution < 1.29 is 8.42 Å². The maximum absolute atomic E-state index is 12.8. The van der Waals surface area contributed by atoms with Gasteiger partial charge < -0.3 is 10.6 Å². The lowest BCUT2D eigenvalue weighted by atomic mass is 10.0. The average Bonchev–Trinajstić information content (AvgIpc) is 3.10. The van der Waals surface area contributed by atoms with E-state index in [1.54, 1.807) is 36.5 Å². The molecule has 3 N–H and O–H groups in total. The Hall–Kier alpha value is -3.14. The third-order valence-electron chi connectivity index (χ3n) is 5.24.